The van der Waals surface area contributed by atoms with Gasteiger partial charge in [0, 0.05) is 6.61 Å². The molecule has 0 amide bonds. The zero-order valence-electron chi connectivity index (χ0n) is 18.4. The molecule has 0 unspecified atom stereocenters. The highest BCUT2D eigenvalue weighted by Crippen LogP contribution is 2.35. The van der Waals surface area contributed by atoms with E-state index in [2.05, 4.69) is 92.7 Å². The molecule has 0 aromatic heterocycles. The Morgan fingerprint density at radius 1 is 0.767 bits per heavy atom. The van der Waals surface area contributed by atoms with Gasteiger partial charge in [0.1, 0.15) is 0 Å². The summed E-state index contributed by atoms with van der Waals surface area (Å²) in [4.78, 5) is 0. The highest BCUT2D eigenvalue weighted by atomic mass is 16.5. The Kier molecular flexibility index (Phi) is 7.02. The Hall–Kier alpha value is -2.38. The topological polar surface area (TPSA) is 9.23 Å². The molecule has 0 N–H and O–H groups in total. The van der Waals surface area contributed by atoms with Gasteiger partial charge >= 0.3 is 0 Å². The van der Waals surface area contributed by atoms with Crippen molar-refractivity contribution in [3.63, 3.8) is 0 Å². The first-order chi connectivity index (χ1) is 14.7. The fourth-order valence-corrected chi connectivity index (χ4v) is 4.83. The van der Waals surface area contributed by atoms with Gasteiger partial charge in [0.15, 0.2) is 0 Å². The number of benzene rings is 3. The van der Waals surface area contributed by atoms with Gasteiger partial charge in [0.05, 0.1) is 6.10 Å². The van der Waals surface area contributed by atoms with Gasteiger partial charge in [-0.2, -0.15) is 0 Å². The summed E-state index contributed by atoms with van der Waals surface area (Å²) in [5.74, 6) is 1.23. The van der Waals surface area contributed by atoms with E-state index in [1.165, 1.54) is 53.5 Å². The van der Waals surface area contributed by atoms with Crippen molar-refractivity contribution in [2.75, 3.05) is 6.61 Å². The maximum atomic E-state index is 5.80. The predicted molar refractivity (Wildman–Crippen MR) is 127 cm³/mol. The van der Waals surface area contributed by atoms with Crippen LogP contribution in [0.5, 0.6) is 0 Å². The molecule has 0 saturated heterocycles. The van der Waals surface area contributed by atoms with Crippen molar-refractivity contribution < 1.29 is 4.74 Å². The standard InChI is InChI=1S/C29H34O/c1-3-30-29-19-17-28(18-20-29)27-15-13-26(14-16-27)25-11-9-23(10-12-25)21-22(2)24-7-5-4-6-8-24/h4-16,22,28-29H,3,17-21H2,1-2H3/t22-,28?,29?/m1/s1. The first-order valence-corrected chi connectivity index (χ1v) is 11.6. The summed E-state index contributed by atoms with van der Waals surface area (Å²) in [5.41, 5.74) is 6.91. The van der Waals surface area contributed by atoms with Crippen LogP contribution in [0.2, 0.25) is 0 Å². The lowest BCUT2D eigenvalue weighted by Crippen LogP contribution is -2.20. The van der Waals surface area contributed by atoms with Crippen LogP contribution in [0.4, 0.5) is 0 Å². The van der Waals surface area contributed by atoms with E-state index in [1.54, 1.807) is 0 Å². The lowest BCUT2D eigenvalue weighted by Gasteiger charge is -2.28. The van der Waals surface area contributed by atoms with Crippen molar-refractivity contribution in [1.82, 2.24) is 0 Å². The van der Waals surface area contributed by atoms with Crippen LogP contribution in [0, 0.1) is 0 Å². The maximum absolute atomic E-state index is 5.80. The van der Waals surface area contributed by atoms with Crippen LogP contribution < -0.4 is 0 Å². The lowest BCUT2D eigenvalue weighted by molar-refractivity contribution is 0.0328. The zero-order chi connectivity index (χ0) is 20.8. The normalized spacial score (nSPS) is 20.1. The molecule has 4 rings (SSSR count). The van der Waals surface area contributed by atoms with Gasteiger partial charge in [-0.25, -0.2) is 0 Å². The first-order valence-electron chi connectivity index (χ1n) is 11.6. The van der Waals surface area contributed by atoms with E-state index in [0.717, 1.165) is 13.0 Å². The Bertz CT molecular complexity index is 887. The summed E-state index contributed by atoms with van der Waals surface area (Å²) in [7, 11) is 0. The highest BCUT2D eigenvalue weighted by Gasteiger charge is 2.22. The van der Waals surface area contributed by atoms with Crippen LogP contribution in [-0.2, 0) is 11.2 Å². The van der Waals surface area contributed by atoms with Crippen molar-refractivity contribution in [3.05, 3.63) is 95.6 Å². The van der Waals surface area contributed by atoms with Gasteiger partial charge in [0.25, 0.3) is 0 Å². The van der Waals surface area contributed by atoms with E-state index in [1.807, 2.05) is 0 Å². The monoisotopic (exact) mass is 398 g/mol. The summed E-state index contributed by atoms with van der Waals surface area (Å²) >= 11 is 0. The Labute approximate surface area is 182 Å². The minimum absolute atomic E-state index is 0.480. The van der Waals surface area contributed by atoms with Crippen LogP contribution in [-0.4, -0.2) is 12.7 Å². The largest absolute Gasteiger partial charge is 0.379 e. The molecule has 1 heteroatoms. The van der Waals surface area contributed by atoms with Gasteiger partial charge in [-0.15, -0.1) is 0 Å². The van der Waals surface area contributed by atoms with Gasteiger partial charge < -0.3 is 4.74 Å². The van der Waals surface area contributed by atoms with E-state index >= 15 is 0 Å². The quantitative estimate of drug-likeness (QED) is 0.395. The van der Waals surface area contributed by atoms with Gasteiger partial charge in [-0.1, -0.05) is 85.8 Å². The van der Waals surface area contributed by atoms with Gasteiger partial charge in [-0.05, 0) is 78.7 Å². The molecule has 156 valence electrons. The summed E-state index contributed by atoms with van der Waals surface area (Å²) in [6.07, 6.45) is 6.45. The third-order valence-corrected chi connectivity index (χ3v) is 6.66. The molecular weight excluding hydrogens is 364 g/mol. The predicted octanol–water partition coefficient (Wildman–Crippen LogP) is 7.76. The Morgan fingerprint density at radius 2 is 1.37 bits per heavy atom. The number of ether oxygens (including phenoxy) is 1. The summed E-state index contributed by atoms with van der Waals surface area (Å²) in [6.45, 7) is 5.25. The molecule has 1 atom stereocenters. The van der Waals surface area contributed by atoms with Crippen LogP contribution in [0.3, 0.4) is 0 Å². The third-order valence-electron chi connectivity index (χ3n) is 6.66. The van der Waals surface area contributed by atoms with Crippen LogP contribution in [0.25, 0.3) is 11.1 Å². The molecule has 3 aromatic rings. The van der Waals surface area contributed by atoms with Crippen LogP contribution in [0.1, 0.15) is 68.1 Å². The van der Waals surface area contributed by atoms with Crippen molar-refractivity contribution in [2.24, 2.45) is 0 Å². The van der Waals surface area contributed by atoms with Gasteiger partial charge in [-0.3, -0.25) is 0 Å². The highest BCUT2D eigenvalue weighted by molar-refractivity contribution is 5.64. The summed E-state index contributed by atoms with van der Waals surface area (Å²) in [6, 6.07) is 29.2. The summed E-state index contributed by atoms with van der Waals surface area (Å²) in [5, 5.41) is 0. The second-order valence-corrected chi connectivity index (χ2v) is 8.76. The minimum atomic E-state index is 0.480. The molecule has 3 aromatic carbocycles. The number of rotatable bonds is 7. The fourth-order valence-electron chi connectivity index (χ4n) is 4.83. The van der Waals surface area contributed by atoms with Crippen molar-refractivity contribution in [1.29, 1.82) is 0 Å². The molecule has 1 fully saturated rings. The second kappa shape index (κ2) is 10.1. The molecule has 1 saturated carbocycles. The van der Waals surface area contributed by atoms with E-state index in [9.17, 15) is 0 Å². The Morgan fingerprint density at radius 3 is 1.97 bits per heavy atom. The molecule has 0 heterocycles. The smallest absolute Gasteiger partial charge is 0.0575 e. The molecule has 1 nitrogen and oxygen atoms in total. The van der Waals surface area contributed by atoms with Crippen molar-refractivity contribution >= 4 is 0 Å². The molecule has 0 aliphatic heterocycles. The van der Waals surface area contributed by atoms with E-state index in [4.69, 9.17) is 4.74 Å². The van der Waals surface area contributed by atoms with Gasteiger partial charge in [0.2, 0.25) is 0 Å². The molecular formula is C29H34O. The van der Waals surface area contributed by atoms with E-state index in [0.29, 0.717) is 17.9 Å². The first kappa shape index (κ1) is 20.9. The maximum Gasteiger partial charge on any atom is 0.0575 e. The summed E-state index contributed by atoms with van der Waals surface area (Å²) < 4.78 is 5.80. The molecule has 1 aliphatic carbocycles. The molecule has 30 heavy (non-hydrogen) atoms. The SMILES string of the molecule is CCOC1CCC(c2ccc(-c3ccc(C[C@@H](C)c4ccccc4)cc3)cc2)CC1. The van der Waals surface area contributed by atoms with E-state index < -0.39 is 0 Å². The second-order valence-electron chi connectivity index (χ2n) is 8.76. The van der Waals surface area contributed by atoms with Crippen molar-refractivity contribution in [3.8, 4) is 11.1 Å². The van der Waals surface area contributed by atoms with Crippen LogP contribution in [0.15, 0.2) is 78.9 Å². The fraction of sp³-hybridized carbons (Fsp3) is 0.379. The average molecular weight is 399 g/mol. The zero-order valence-corrected chi connectivity index (χ0v) is 18.4. The molecule has 0 radical (unpaired) electrons. The van der Waals surface area contributed by atoms with Crippen molar-refractivity contribution in [2.45, 2.75) is 63.9 Å². The lowest BCUT2D eigenvalue weighted by atomic mass is 9.82. The molecule has 0 spiro atoms. The molecule has 1 aliphatic rings. The van der Waals surface area contributed by atoms with E-state index in [-0.39, 0.29) is 0 Å². The third kappa shape index (κ3) is 5.21. The Balaban J connectivity index is 1.36. The average Bonchev–Trinajstić information content (AvgIpc) is 2.81. The molecule has 0 bridgehead atoms. The van der Waals surface area contributed by atoms with Crippen LogP contribution >= 0.6 is 0 Å². The number of hydrogen-bond donors (Lipinski definition) is 0. The number of hydrogen-bond acceptors (Lipinski definition) is 1. The minimum Gasteiger partial charge on any atom is -0.379 e.